The molecule has 0 saturated carbocycles. The molecule has 33 heavy (non-hydrogen) atoms. The van der Waals surface area contributed by atoms with E-state index in [0.29, 0.717) is 18.3 Å². The van der Waals surface area contributed by atoms with Crippen molar-refractivity contribution in [3.63, 3.8) is 0 Å². The Bertz CT molecular complexity index is 1260. The third kappa shape index (κ3) is 4.41. The average Bonchev–Trinajstić information content (AvgIpc) is 3.42. The highest BCUT2D eigenvalue weighted by Crippen LogP contribution is 2.26. The summed E-state index contributed by atoms with van der Waals surface area (Å²) in [6, 6.07) is 12.7. The molecule has 1 aliphatic rings. The van der Waals surface area contributed by atoms with Gasteiger partial charge in [-0.3, -0.25) is 19.4 Å². The molecule has 1 amide bonds. The second kappa shape index (κ2) is 9.19. The van der Waals surface area contributed by atoms with Gasteiger partial charge in [-0.1, -0.05) is 24.3 Å². The molecule has 3 aromatic heterocycles. The predicted octanol–water partition coefficient (Wildman–Crippen LogP) is 3.61. The molecule has 1 atom stereocenters. The van der Waals surface area contributed by atoms with Crippen LogP contribution in [-0.2, 0) is 33.0 Å². The van der Waals surface area contributed by atoms with E-state index in [-0.39, 0.29) is 5.91 Å². The van der Waals surface area contributed by atoms with E-state index >= 15 is 0 Å². The number of carbonyl (C=O) groups excluding carboxylic acids is 1. The summed E-state index contributed by atoms with van der Waals surface area (Å²) in [4.78, 5) is 22.9. The third-order valence-corrected chi connectivity index (χ3v) is 6.79. The Hall–Kier alpha value is -3.45. The molecule has 7 nitrogen and oxygen atoms in total. The van der Waals surface area contributed by atoms with Gasteiger partial charge in [-0.25, -0.2) is 0 Å². The first-order valence-electron chi connectivity index (χ1n) is 11.6. The summed E-state index contributed by atoms with van der Waals surface area (Å²) in [5.41, 5.74) is 6.31. The van der Waals surface area contributed by atoms with Crippen molar-refractivity contribution in [3.8, 4) is 0 Å². The van der Waals surface area contributed by atoms with Crippen LogP contribution in [0.4, 0.5) is 0 Å². The lowest BCUT2D eigenvalue weighted by Crippen LogP contribution is -2.38. The Morgan fingerprint density at radius 3 is 2.97 bits per heavy atom. The number of aryl methyl sites for hydroxylation is 2. The number of hydrogen-bond acceptors (Lipinski definition) is 4. The fourth-order valence-corrected chi connectivity index (χ4v) is 4.83. The topological polar surface area (TPSA) is 78.8 Å². The van der Waals surface area contributed by atoms with Crippen LogP contribution in [0, 0.1) is 0 Å². The molecular formula is C26H30N6O. The van der Waals surface area contributed by atoms with Gasteiger partial charge in [0.15, 0.2) is 5.69 Å². The van der Waals surface area contributed by atoms with Crippen molar-refractivity contribution in [2.75, 3.05) is 6.54 Å². The molecule has 7 heteroatoms. The Labute approximate surface area is 193 Å². The van der Waals surface area contributed by atoms with Crippen LogP contribution in [0.5, 0.6) is 0 Å². The van der Waals surface area contributed by atoms with Gasteiger partial charge in [-0.2, -0.15) is 5.10 Å². The standard InChI is InChI=1S/C26H30N6O/c1-18(9-10-20-16-28-23-8-4-3-7-21(20)23)32-13-11-24-22(17-32)25(30-31(24)2)26(33)29-15-19-6-5-12-27-14-19/h3-8,12,14,16,18,28H,9-11,13,15,17H2,1-2H3,(H,29,33). The number of nitrogens with one attached hydrogen (secondary N) is 2. The van der Waals surface area contributed by atoms with E-state index in [9.17, 15) is 4.79 Å². The van der Waals surface area contributed by atoms with Crippen molar-refractivity contribution in [3.05, 3.63) is 83.1 Å². The molecule has 1 aliphatic heterocycles. The predicted molar refractivity (Wildman–Crippen MR) is 129 cm³/mol. The Kier molecular flexibility index (Phi) is 5.96. The lowest BCUT2D eigenvalue weighted by Gasteiger charge is -2.33. The maximum atomic E-state index is 13.0. The number of benzene rings is 1. The summed E-state index contributed by atoms with van der Waals surface area (Å²) in [5.74, 6) is -0.121. The van der Waals surface area contributed by atoms with Gasteiger partial charge >= 0.3 is 0 Å². The molecule has 5 rings (SSSR count). The monoisotopic (exact) mass is 442 g/mol. The SMILES string of the molecule is CC(CCc1c[nH]c2ccccc12)N1CCc2c(c(C(=O)NCc3cccnc3)nn2C)C1. The molecular weight excluding hydrogens is 412 g/mol. The number of H-pyrrole nitrogens is 1. The first kappa shape index (κ1) is 21.4. The smallest absolute Gasteiger partial charge is 0.272 e. The van der Waals surface area contributed by atoms with Crippen molar-refractivity contribution in [1.82, 2.24) is 30.0 Å². The number of aromatic nitrogens is 4. The highest BCUT2D eigenvalue weighted by molar-refractivity contribution is 5.94. The highest BCUT2D eigenvalue weighted by atomic mass is 16.1. The van der Waals surface area contributed by atoms with Crippen molar-refractivity contribution in [1.29, 1.82) is 0 Å². The van der Waals surface area contributed by atoms with E-state index in [1.165, 1.54) is 22.2 Å². The zero-order valence-electron chi connectivity index (χ0n) is 19.2. The van der Waals surface area contributed by atoms with Crippen LogP contribution in [0.1, 0.15) is 46.2 Å². The number of pyridine rings is 1. The molecule has 1 unspecified atom stereocenters. The van der Waals surface area contributed by atoms with Gasteiger partial charge in [-0.05, 0) is 43.0 Å². The fourth-order valence-electron chi connectivity index (χ4n) is 4.83. The quantitative estimate of drug-likeness (QED) is 0.458. The summed E-state index contributed by atoms with van der Waals surface area (Å²) < 4.78 is 1.88. The van der Waals surface area contributed by atoms with E-state index < -0.39 is 0 Å². The normalized spacial score (nSPS) is 14.8. The van der Waals surface area contributed by atoms with Crippen LogP contribution < -0.4 is 5.32 Å². The number of aromatic amines is 1. The average molecular weight is 443 g/mol. The lowest BCUT2D eigenvalue weighted by molar-refractivity contribution is 0.0941. The number of hydrogen-bond donors (Lipinski definition) is 2. The summed E-state index contributed by atoms with van der Waals surface area (Å²) >= 11 is 0. The molecule has 0 saturated heterocycles. The minimum atomic E-state index is -0.121. The van der Waals surface area contributed by atoms with E-state index in [1.807, 2.05) is 23.9 Å². The van der Waals surface area contributed by atoms with Crippen molar-refractivity contribution in [2.24, 2.45) is 7.05 Å². The summed E-state index contributed by atoms with van der Waals surface area (Å²) in [5, 5.41) is 8.89. The van der Waals surface area contributed by atoms with Crippen LogP contribution in [0.3, 0.4) is 0 Å². The molecule has 0 bridgehead atoms. The van der Waals surface area contributed by atoms with Crippen LogP contribution in [0.2, 0.25) is 0 Å². The Morgan fingerprint density at radius 1 is 1.24 bits per heavy atom. The molecule has 170 valence electrons. The van der Waals surface area contributed by atoms with Crippen molar-refractivity contribution in [2.45, 2.75) is 45.3 Å². The van der Waals surface area contributed by atoms with Gasteiger partial charge in [0.05, 0.1) is 0 Å². The molecule has 0 radical (unpaired) electrons. The van der Waals surface area contributed by atoms with Gasteiger partial charge < -0.3 is 10.3 Å². The Balaban J connectivity index is 1.25. The molecule has 0 aliphatic carbocycles. The second-order valence-corrected chi connectivity index (χ2v) is 8.91. The molecule has 1 aromatic carbocycles. The molecule has 4 aromatic rings. The summed E-state index contributed by atoms with van der Waals surface area (Å²) in [6.45, 7) is 4.48. The highest BCUT2D eigenvalue weighted by Gasteiger charge is 2.29. The van der Waals surface area contributed by atoms with Crippen LogP contribution in [0.15, 0.2) is 55.0 Å². The van der Waals surface area contributed by atoms with Gasteiger partial charge in [-0.15, -0.1) is 0 Å². The number of fused-ring (bicyclic) bond motifs is 2. The Morgan fingerprint density at radius 2 is 2.12 bits per heavy atom. The number of para-hydroxylation sites is 1. The largest absolute Gasteiger partial charge is 0.361 e. The van der Waals surface area contributed by atoms with Gasteiger partial charge in [0.25, 0.3) is 5.91 Å². The molecule has 0 spiro atoms. The van der Waals surface area contributed by atoms with E-state index in [1.54, 1.807) is 12.4 Å². The number of rotatable bonds is 7. The minimum absolute atomic E-state index is 0.121. The van der Waals surface area contributed by atoms with E-state index in [4.69, 9.17) is 0 Å². The minimum Gasteiger partial charge on any atom is -0.361 e. The van der Waals surface area contributed by atoms with E-state index in [0.717, 1.165) is 43.5 Å². The number of carbonyl (C=O) groups is 1. The van der Waals surface area contributed by atoms with Crippen molar-refractivity contribution >= 4 is 16.8 Å². The maximum Gasteiger partial charge on any atom is 0.272 e. The molecule has 0 fully saturated rings. The molecule has 2 N–H and O–H groups in total. The first-order chi connectivity index (χ1) is 16.1. The second-order valence-electron chi connectivity index (χ2n) is 8.91. The van der Waals surface area contributed by atoms with Crippen LogP contribution >= 0.6 is 0 Å². The fraction of sp³-hybridized carbons (Fsp3) is 0.346. The van der Waals surface area contributed by atoms with E-state index in [2.05, 4.69) is 62.7 Å². The van der Waals surface area contributed by atoms with Gasteiger partial charge in [0.2, 0.25) is 0 Å². The zero-order valence-corrected chi connectivity index (χ0v) is 19.2. The van der Waals surface area contributed by atoms with Crippen LogP contribution in [0.25, 0.3) is 10.9 Å². The van der Waals surface area contributed by atoms with Crippen LogP contribution in [-0.4, -0.2) is 43.1 Å². The third-order valence-electron chi connectivity index (χ3n) is 6.79. The number of nitrogens with zero attached hydrogens (tertiary/aromatic N) is 4. The molecule has 4 heterocycles. The lowest BCUT2D eigenvalue weighted by atomic mass is 10.00. The summed E-state index contributed by atoms with van der Waals surface area (Å²) in [6.07, 6.45) is 8.64. The van der Waals surface area contributed by atoms with Gasteiger partial charge in [0, 0.05) is 79.9 Å². The maximum absolute atomic E-state index is 13.0. The number of amides is 1. The summed E-state index contributed by atoms with van der Waals surface area (Å²) in [7, 11) is 1.94. The van der Waals surface area contributed by atoms with Gasteiger partial charge in [0.1, 0.15) is 0 Å². The van der Waals surface area contributed by atoms with Crippen molar-refractivity contribution < 1.29 is 4.79 Å². The first-order valence-corrected chi connectivity index (χ1v) is 11.6. The zero-order chi connectivity index (χ0) is 22.8.